The number of aryl methyl sites for hydroxylation is 4. The lowest BCUT2D eigenvalue weighted by atomic mass is 9.97. The molecule has 2 aromatic rings. The summed E-state index contributed by atoms with van der Waals surface area (Å²) in [5, 5.41) is 0. The summed E-state index contributed by atoms with van der Waals surface area (Å²) < 4.78 is 5.53. The van der Waals surface area contributed by atoms with E-state index in [4.69, 9.17) is 4.42 Å². The van der Waals surface area contributed by atoms with Gasteiger partial charge in [0.05, 0.1) is 5.56 Å². The quantitative estimate of drug-likeness (QED) is 0.769. The first-order valence-electron chi connectivity index (χ1n) is 6.56. The average Bonchev–Trinajstić information content (AvgIpc) is 2.58. The minimum Gasteiger partial charge on any atom is -0.466 e. The highest BCUT2D eigenvalue weighted by Crippen LogP contribution is 2.23. The smallest absolute Gasteiger partial charge is 0.171 e. The van der Waals surface area contributed by atoms with Crippen LogP contribution in [0.15, 0.2) is 22.6 Å². The second kappa shape index (κ2) is 5.04. The molecule has 100 valence electrons. The highest BCUT2D eigenvalue weighted by atomic mass is 16.3. The first-order valence-corrected chi connectivity index (χ1v) is 6.56. The third-order valence-corrected chi connectivity index (χ3v) is 3.78. The molecule has 0 atom stereocenters. The molecule has 0 saturated heterocycles. The minimum absolute atomic E-state index is 0.134. The van der Waals surface area contributed by atoms with E-state index in [1.807, 2.05) is 26.8 Å². The molecule has 2 heteroatoms. The van der Waals surface area contributed by atoms with Gasteiger partial charge in [-0.3, -0.25) is 4.79 Å². The number of hydrogen-bond donors (Lipinski definition) is 0. The maximum atomic E-state index is 12.4. The van der Waals surface area contributed by atoms with Gasteiger partial charge in [-0.2, -0.15) is 0 Å². The Bertz CT molecular complexity index is 633. The number of Topliss-reactive ketones (excluding diaryl/α,β-unsaturated/α-hetero) is 1. The van der Waals surface area contributed by atoms with E-state index in [0.717, 1.165) is 28.2 Å². The van der Waals surface area contributed by atoms with E-state index in [0.29, 0.717) is 6.42 Å². The monoisotopic (exact) mass is 256 g/mol. The normalized spacial score (nSPS) is 10.8. The Morgan fingerprint density at radius 1 is 1.00 bits per heavy atom. The van der Waals surface area contributed by atoms with Crippen molar-refractivity contribution in [2.45, 2.75) is 41.0 Å². The zero-order chi connectivity index (χ0) is 14.2. The fourth-order valence-corrected chi connectivity index (χ4v) is 2.39. The molecule has 0 aliphatic rings. The van der Waals surface area contributed by atoms with Gasteiger partial charge in [0, 0.05) is 12.0 Å². The Morgan fingerprint density at radius 2 is 1.68 bits per heavy atom. The predicted octanol–water partition coefficient (Wildman–Crippen LogP) is 4.25. The van der Waals surface area contributed by atoms with Gasteiger partial charge in [-0.25, -0.2) is 0 Å². The van der Waals surface area contributed by atoms with Gasteiger partial charge in [-0.15, -0.1) is 0 Å². The van der Waals surface area contributed by atoms with Crippen LogP contribution in [0.4, 0.5) is 0 Å². The van der Waals surface area contributed by atoms with E-state index in [-0.39, 0.29) is 5.78 Å². The third kappa shape index (κ3) is 2.62. The van der Waals surface area contributed by atoms with Gasteiger partial charge in [-0.05, 0) is 51.3 Å². The molecule has 2 nitrogen and oxygen atoms in total. The lowest BCUT2D eigenvalue weighted by Gasteiger charge is -2.05. The van der Waals surface area contributed by atoms with Gasteiger partial charge >= 0.3 is 0 Å². The van der Waals surface area contributed by atoms with E-state index in [9.17, 15) is 4.79 Å². The predicted molar refractivity (Wildman–Crippen MR) is 76.9 cm³/mol. The molecule has 1 heterocycles. The highest BCUT2D eigenvalue weighted by molar-refractivity contribution is 5.99. The summed E-state index contributed by atoms with van der Waals surface area (Å²) >= 11 is 0. The number of benzene rings is 1. The Balaban J connectivity index is 2.28. The van der Waals surface area contributed by atoms with Crippen LogP contribution in [-0.2, 0) is 6.42 Å². The van der Waals surface area contributed by atoms with Gasteiger partial charge in [0.25, 0.3) is 0 Å². The molecule has 0 fully saturated rings. The second-order valence-corrected chi connectivity index (χ2v) is 5.23. The van der Waals surface area contributed by atoms with Crippen molar-refractivity contribution >= 4 is 5.78 Å². The zero-order valence-corrected chi connectivity index (χ0v) is 12.3. The van der Waals surface area contributed by atoms with Crippen molar-refractivity contribution in [2.75, 3.05) is 0 Å². The summed E-state index contributed by atoms with van der Waals surface area (Å²) in [6.07, 6.45) is 0.432. The summed E-state index contributed by atoms with van der Waals surface area (Å²) in [5.41, 5.74) is 5.25. The van der Waals surface area contributed by atoms with Crippen LogP contribution in [0.5, 0.6) is 0 Å². The molecule has 0 unspecified atom stereocenters. The summed E-state index contributed by atoms with van der Waals surface area (Å²) in [7, 11) is 0. The third-order valence-electron chi connectivity index (χ3n) is 3.78. The number of ketones is 1. The second-order valence-electron chi connectivity index (χ2n) is 5.23. The summed E-state index contributed by atoms with van der Waals surface area (Å²) in [6, 6.07) is 6.18. The van der Waals surface area contributed by atoms with Crippen LogP contribution in [0.1, 0.15) is 44.1 Å². The first-order chi connectivity index (χ1) is 8.90. The maximum absolute atomic E-state index is 12.4. The number of carbonyl (C=O) groups excluding carboxylic acids is 1. The van der Waals surface area contributed by atoms with Crippen molar-refractivity contribution in [2.24, 2.45) is 0 Å². The Kier molecular flexibility index (Phi) is 3.61. The molecule has 0 aliphatic heterocycles. The van der Waals surface area contributed by atoms with Crippen LogP contribution in [0.3, 0.4) is 0 Å². The van der Waals surface area contributed by atoms with Gasteiger partial charge in [0.1, 0.15) is 11.5 Å². The molecule has 1 aromatic carbocycles. The Hall–Kier alpha value is -1.83. The fourth-order valence-electron chi connectivity index (χ4n) is 2.39. The van der Waals surface area contributed by atoms with Crippen LogP contribution < -0.4 is 0 Å². The lowest BCUT2D eigenvalue weighted by Crippen LogP contribution is -2.06. The van der Waals surface area contributed by atoms with Gasteiger partial charge in [-0.1, -0.05) is 18.2 Å². The van der Waals surface area contributed by atoms with Gasteiger partial charge in [0.2, 0.25) is 0 Å². The van der Waals surface area contributed by atoms with Gasteiger partial charge in [0.15, 0.2) is 5.78 Å². The highest BCUT2D eigenvalue weighted by Gasteiger charge is 2.18. The number of rotatable bonds is 3. The van der Waals surface area contributed by atoms with E-state index >= 15 is 0 Å². The van der Waals surface area contributed by atoms with Crippen LogP contribution in [0.25, 0.3) is 0 Å². The topological polar surface area (TPSA) is 30.2 Å². The molecule has 0 bridgehead atoms. The average molecular weight is 256 g/mol. The Labute approximate surface area is 114 Å². The molecular formula is C17H20O2. The minimum atomic E-state index is 0.134. The van der Waals surface area contributed by atoms with Crippen molar-refractivity contribution < 1.29 is 9.21 Å². The summed E-state index contributed by atoms with van der Waals surface area (Å²) in [4.78, 5) is 12.4. The van der Waals surface area contributed by atoms with Crippen LogP contribution in [0.2, 0.25) is 0 Å². The van der Waals surface area contributed by atoms with E-state index in [2.05, 4.69) is 26.0 Å². The van der Waals surface area contributed by atoms with Crippen LogP contribution in [0, 0.1) is 34.6 Å². The number of hydrogen-bond acceptors (Lipinski definition) is 2. The molecule has 0 aliphatic carbocycles. The van der Waals surface area contributed by atoms with E-state index in [1.54, 1.807) is 0 Å². The van der Waals surface area contributed by atoms with Crippen molar-refractivity contribution in [3.8, 4) is 0 Å². The van der Waals surface area contributed by atoms with Crippen molar-refractivity contribution in [3.05, 3.63) is 57.5 Å². The first kappa shape index (κ1) is 13.6. The van der Waals surface area contributed by atoms with Crippen LogP contribution >= 0.6 is 0 Å². The molecule has 0 radical (unpaired) electrons. The molecule has 0 saturated carbocycles. The molecule has 2 rings (SSSR count). The van der Waals surface area contributed by atoms with Crippen molar-refractivity contribution in [1.29, 1.82) is 0 Å². The van der Waals surface area contributed by atoms with Crippen molar-refractivity contribution in [1.82, 2.24) is 0 Å². The molecule has 1 aromatic heterocycles. The van der Waals surface area contributed by atoms with Crippen molar-refractivity contribution in [3.63, 3.8) is 0 Å². The number of carbonyl (C=O) groups is 1. The summed E-state index contributed by atoms with van der Waals surface area (Å²) in [6.45, 7) is 9.85. The largest absolute Gasteiger partial charge is 0.466 e. The van der Waals surface area contributed by atoms with E-state index in [1.165, 1.54) is 11.1 Å². The fraction of sp³-hybridized carbons (Fsp3) is 0.353. The SMILES string of the molecule is Cc1ccc(CC(=O)c2c(C)oc(C)c2C)cc1C. The summed E-state index contributed by atoms with van der Waals surface area (Å²) in [5.74, 6) is 1.69. The van der Waals surface area contributed by atoms with Gasteiger partial charge < -0.3 is 4.42 Å². The Morgan fingerprint density at radius 3 is 2.21 bits per heavy atom. The zero-order valence-electron chi connectivity index (χ0n) is 12.3. The van der Waals surface area contributed by atoms with E-state index < -0.39 is 0 Å². The molecular weight excluding hydrogens is 236 g/mol. The molecule has 19 heavy (non-hydrogen) atoms. The maximum Gasteiger partial charge on any atom is 0.171 e. The number of furan rings is 1. The molecule has 0 spiro atoms. The molecule has 0 amide bonds. The standard InChI is InChI=1S/C17H20O2/c1-10-6-7-15(8-11(10)2)9-16(18)17-12(3)13(4)19-14(17)5/h6-8H,9H2,1-5H3. The molecule has 0 N–H and O–H groups in total. The van der Waals surface area contributed by atoms with Crippen LogP contribution in [-0.4, -0.2) is 5.78 Å². The lowest BCUT2D eigenvalue weighted by molar-refractivity contribution is 0.0991.